The maximum atomic E-state index is 12.6. The lowest BCUT2D eigenvalue weighted by Crippen LogP contribution is -2.26. The van der Waals surface area contributed by atoms with Gasteiger partial charge < -0.3 is 9.73 Å². The van der Waals surface area contributed by atoms with Crippen LogP contribution in [0.4, 0.5) is 5.00 Å². The summed E-state index contributed by atoms with van der Waals surface area (Å²) in [5.74, 6) is 1.37. The maximum Gasteiger partial charge on any atom is 0.249 e. The summed E-state index contributed by atoms with van der Waals surface area (Å²) in [7, 11) is 0. The molecule has 33 heavy (non-hydrogen) atoms. The predicted molar refractivity (Wildman–Crippen MR) is 136 cm³/mol. The van der Waals surface area contributed by atoms with E-state index in [0.29, 0.717) is 38.0 Å². The van der Waals surface area contributed by atoms with E-state index in [2.05, 4.69) is 32.2 Å². The molecule has 0 spiro atoms. The van der Waals surface area contributed by atoms with Gasteiger partial charge in [-0.2, -0.15) is 5.26 Å². The van der Waals surface area contributed by atoms with Gasteiger partial charge in [0.25, 0.3) is 0 Å². The summed E-state index contributed by atoms with van der Waals surface area (Å²) in [5, 5.41) is 14.3. The molecule has 1 aromatic carbocycles. The molecule has 2 aromatic heterocycles. The van der Waals surface area contributed by atoms with E-state index in [-0.39, 0.29) is 11.3 Å². The fourth-order valence-corrected chi connectivity index (χ4v) is 5.90. The summed E-state index contributed by atoms with van der Waals surface area (Å²) in [6, 6.07) is 11.0. The van der Waals surface area contributed by atoms with Gasteiger partial charge in [-0.3, -0.25) is 4.79 Å². The number of amides is 1. The number of nitrogens with one attached hydrogen (secondary N) is 1. The van der Waals surface area contributed by atoms with E-state index in [1.165, 1.54) is 22.3 Å². The molecule has 0 unspecified atom stereocenters. The molecule has 7 heteroatoms. The predicted octanol–water partition coefficient (Wildman–Crippen LogP) is 7.99. The van der Waals surface area contributed by atoms with Crippen LogP contribution in [0, 0.1) is 22.7 Å². The van der Waals surface area contributed by atoms with Crippen LogP contribution in [0.15, 0.2) is 40.8 Å². The van der Waals surface area contributed by atoms with Gasteiger partial charge in [0.15, 0.2) is 0 Å². The summed E-state index contributed by atoms with van der Waals surface area (Å²) < 4.78 is 5.80. The van der Waals surface area contributed by atoms with Crippen LogP contribution in [-0.4, -0.2) is 5.91 Å². The largest absolute Gasteiger partial charge is 0.457 e. The average Bonchev–Trinajstić information content (AvgIpc) is 3.35. The molecule has 0 aliphatic heterocycles. The van der Waals surface area contributed by atoms with Crippen molar-refractivity contribution in [2.45, 2.75) is 40.0 Å². The smallest absolute Gasteiger partial charge is 0.249 e. The van der Waals surface area contributed by atoms with Gasteiger partial charge in [-0.15, -0.1) is 11.3 Å². The van der Waals surface area contributed by atoms with E-state index in [9.17, 15) is 10.1 Å². The van der Waals surface area contributed by atoms with Gasteiger partial charge in [-0.1, -0.05) is 44.0 Å². The van der Waals surface area contributed by atoms with Crippen molar-refractivity contribution in [2.24, 2.45) is 11.3 Å². The number of nitriles is 1. The SMILES string of the molecule is CC(C)(C)[C@@H]1CCc2c(sc(NC(=O)/C=C/c3ccc(-c4ccc(Cl)cc4Cl)o3)c2C#N)C1. The normalized spacial score (nSPS) is 15.9. The highest BCUT2D eigenvalue weighted by molar-refractivity contribution is 7.16. The van der Waals surface area contributed by atoms with Gasteiger partial charge in [0, 0.05) is 21.5 Å². The maximum absolute atomic E-state index is 12.6. The molecule has 1 atom stereocenters. The second kappa shape index (κ2) is 9.38. The fraction of sp³-hybridized carbons (Fsp3) is 0.308. The fourth-order valence-electron chi connectivity index (χ4n) is 4.12. The van der Waals surface area contributed by atoms with Crippen molar-refractivity contribution >= 4 is 51.5 Å². The Bertz CT molecular complexity index is 1270. The first-order chi connectivity index (χ1) is 15.7. The van der Waals surface area contributed by atoms with Gasteiger partial charge >= 0.3 is 0 Å². The lowest BCUT2D eigenvalue weighted by Gasteiger charge is -2.33. The van der Waals surface area contributed by atoms with Crippen LogP contribution in [0.1, 0.15) is 49.0 Å². The van der Waals surface area contributed by atoms with E-state index >= 15 is 0 Å². The van der Waals surface area contributed by atoms with Crippen molar-refractivity contribution in [2.75, 3.05) is 5.32 Å². The zero-order valence-corrected chi connectivity index (χ0v) is 21.0. The summed E-state index contributed by atoms with van der Waals surface area (Å²) in [6.45, 7) is 6.78. The number of benzene rings is 1. The Kier molecular flexibility index (Phi) is 6.72. The minimum Gasteiger partial charge on any atom is -0.457 e. The Labute approximate surface area is 207 Å². The van der Waals surface area contributed by atoms with Crippen molar-refractivity contribution in [3.05, 3.63) is 68.2 Å². The molecule has 1 N–H and O–H groups in total. The standard InChI is InChI=1S/C26H24Cl2N2O2S/c1-26(2,3)15-4-8-18-20(14-29)25(33-23(18)12-15)30-24(31)11-7-17-6-10-22(32-17)19-9-5-16(27)13-21(19)28/h5-7,9-11,13,15H,4,8,12H2,1-3H3,(H,30,31)/b11-7+/t15-/m1/s1. The number of furan rings is 1. The lowest BCUT2D eigenvalue weighted by molar-refractivity contribution is -0.111. The first-order valence-electron chi connectivity index (χ1n) is 10.7. The third-order valence-electron chi connectivity index (χ3n) is 6.06. The van der Waals surface area contributed by atoms with E-state index in [4.69, 9.17) is 27.6 Å². The number of fused-ring (bicyclic) bond motifs is 1. The Hall–Kier alpha value is -2.52. The number of hydrogen-bond acceptors (Lipinski definition) is 4. The summed E-state index contributed by atoms with van der Waals surface area (Å²) in [6.07, 6.45) is 5.90. The Morgan fingerprint density at radius 1 is 1.27 bits per heavy atom. The minimum atomic E-state index is -0.306. The molecule has 0 saturated carbocycles. The topological polar surface area (TPSA) is 66.0 Å². The third kappa shape index (κ3) is 5.19. The third-order valence-corrected chi connectivity index (χ3v) is 7.78. The highest BCUT2D eigenvalue weighted by Gasteiger charge is 2.32. The Balaban J connectivity index is 1.47. The molecule has 1 aliphatic carbocycles. The van der Waals surface area contributed by atoms with Gasteiger partial charge in [-0.25, -0.2) is 0 Å². The van der Waals surface area contributed by atoms with Crippen molar-refractivity contribution < 1.29 is 9.21 Å². The Morgan fingerprint density at radius 2 is 2.06 bits per heavy atom. The second-order valence-electron chi connectivity index (χ2n) is 9.27. The molecular formula is C26H24Cl2N2O2S. The van der Waals surface area contributed by atoms with Crippen LogP contribution in [0.25, 0.3) is 17.4 Å². The Morgan fingerprint density at radius 3 is 2.76 bits per heavy atom. The lowest BCUT2D eigenvalue weighted by atomic mass is 9.72. The number of thiophene rings is 1. The minimum absolute atomic E-state index is 0.221. The van der Waals surface area contributed by atoms with Gasteiger partial charge in [0.05, 0.1) is 10.6 Å². The first kappa shape index (κ1) is 23.6. The van der Waals surface area contributed by atoms with Crippen LogP contribution >= 0.6 is 34.5 Å². The quantitative estimate of drug-likeness (QED) is 0.370. The van der Waals surface area contributed by atoms with Crippen molar-refractivity contribution in [1.82, 2.24) is 0 Å². The molecule has 0 bridgehead atoms. The van der Waals surface area contributed by atoms with Crippen molar-refractivity contribution in [3.63, 3.8) is 0 Å². The molecule has 0 fully saturated rings. The molecule has 1 amide bonds. The highest BCUT2D eigenvalue weighted by Crippen LogP contribution is 2.44. The van der Waals surface area contributed by atoms with Gasteiger partial charge in [0.1, 0.15) is 22.6 Å². The molecule has 1 aliphatic rings. The summed E-state index contributed by atoms with van der Waals surface area (Å²) in [5.41, 5.74) is 2.64. The van der Waals surface area contributed by atoms with Gasteiger partial charge in [0.2, 0.25) is 5.91 Å². The molecule has 0 saturated heterocycles. The molecule has 4 nitrogen and oxygen atoms in total. The number of anilines is 1. The summed E-state index contributed by atoms with van der Waals surface area (Å²) >= 11 is 13.7. The molecule has 4 rings (SSSR count). The van der Waals surface area contributed by atoms with Crippen molar-refractivity contribution in [3.8, 4) is 17.4 Å². The number of halogens is 2. The summed E-state index contributed by atoms with van der Waals surface area (Å²) in [4.78, 5) is 13.8. The van der Waals surface area contributed by atoms with Crippen molar-refractivity contribution in [1.29, 1.82) is 5.26 Å². The number of rotatable bonds is 4. The number of hydrogen-bond donors (Lipinski definition) is 1. The zero-order chi connectivity index (χ0) is 23.8. The van der Waals surface area contributed by atoms with E-state index in [1.807, 2.05) is 0 Å². The van der Waals surface area contributed by atoms with Crippen LogP contribution in [0.2, 0.25) is 10.0 Å². The van der Waals surface area contributed by atoms with Crippen LogP contribution < -0.4 is 5.32 Å². The van der Waals surface area contributed by atoms with Gasteiger partial charge in [-0.05, 0) is 72.6 Å². The van der Waals surface area contributed by atoms with Crippen LogP contribution in [0.5, 0.6) is 0 Å². The monoisotopic (exact) mass is 498 g/mol. The second-order valence-corrected chi connectivity index (χ2v) is 11.2. The number of carbonyl (C=O) groups is 1. The number of carbonyl (C=O) groups excluding carboxylic acids is 1. The van der Waals surface area contributed by atoms with E-state index in [1.54, 1.807) is 36.4 Å². The van der Waals surface area contributed by atoms with Crippen LogP contribution in [0.3, 0.4) is 0 Å². The van der Waals surface area contributed by atoms with E-state index in [0.717, 1.165) is 30.4 Å². The molecule has 3 aromatic rings. The molecular weight excluding hydrogens is 475 g/mol. The highest BCUT2D eigenvalue weighted by atomic mass is 35.5. The number of nitrogens with zero attached hydrogens (tertiary/aromatic N) is 1. The average molecular weight is 499 g/mol. The molecule has 0 radical (unpaired) electrons. The first-order valence-corrected chi connectivity index (χ1v) is 12.3. The molecule has 2 heterocycles. The zero-order valence-electron chi connectivity index (χ0n) is 18.7. The molecule has 170 valence electrons. The van der Waals surface area contributed by atoms with Crippen LogP contribution in [-0.2, 0) is 17.6 Å². The van der Waals surface area contributed by atoms with E-state index < -0.39 is 0 Å².